The summed E-state index contributed by atoms with van der Waals surface area (Å²) in [7, 11) is -1.82. The van der Waals surface area contributed by atoms with Crippen molar-refractivity contribution in [2.75, 3.05) is 0 Å². The van der Waals surface area contributed by atoms with E-state index in [0.29, 0.717) is 21.6 Å². The van der Waals surface area contributed by atoms with Crippen LogP contribution in [0.4, 0.5) is 0 Å². The normalized spacial score (nSPS) is 12.1. The van der Waals surface area contributed by atoms with Gasteiger partial charge in [0.25, 0.3) is 0 Å². The largest absolute Gasteiger partial charge is 0.506 e. The van der Waals surface area contributed by atoms with Gasteiger partial charge in [0.05, 0.1) is 5.02 Å². The lowest BCUT2D eigenvalue weighted by molar-refractivity contribution is 0.481. The number of fused-ring (bicyclic) bond motifs is 1. The number of phenolic OH excluding ortho intramolecular Hbond substituents is 1. The molecule has 0 aliphatic rings. The summed E-state index contributed by atoms with van der Waals surface area (Å²) < 4.78 is 0. The van der Waals surface area contributed by atoms with Crippen LogP contribution in [0.1, 0.15) is 52.7 Å². The summed E-state index contributed by atoms with van der Waals surface area (Å²) in [5.41, 5.74) is 7.22. The highest BCUT2D eigenvalue weighted by molar-refractivity contribution is 6.90. The molecule has 0 saturated heterocycles. The van der Waals surface area contributed by atoms with Gasteiger partial charge in [-0.3, -0.25) is 0 Å². The molecule has 2 aromatic carbocycles. The van der Waals surface area contributed by atoms with Gasteiger partial charge < -0.3 is 5.11 Å². The highest BCUT2D eigenvalue weighted by Gasteiger charge is 2.41. The first kappa shape index (κ1) is 19.9. The SMILES string of the molecule is Cc1cc2cccc(C#C[Si](C(C)C)(C(C)C)C(C)C)c2c(O)c1Cl. The molecule has 2 aromatic rings. The minimum atomic E-state index is -1.82. The first-order valence-electron chi connectivity index (χ1n) is 9.06. The van der Waals surface area contributed by atoms with Gasteiger partial charge in [-0.1, -0.05) is 71.2 Å². The molecular formula is C22H29ClOSi. The van der Waals surface area contributed by atoms with Gasteiger partial charge in [0.15, 0.2) is 0 Å². The minimum Gasteiger partial charge on any atom is -0.506 e. The third-order valence-electron chi connectivity index (χ3n) is 5.54. The standard InChI is InChI=1S/C22H29ClOSi/c1-14(2)25(15(3)4,16(5)6)12-11-18-9-8-10-19-13-17(7)21(23)22(24)20(18)19/h8-10,13-16,24H,1-7H3. The molecule has 0 aliphatic heterocycles. The van der Waals surface area contributed by atoms with E-state index in [-0.39, 0.29) is 5.75 Å². The highest BCUT2D eigenvalue weighted by Crippen LogP contribution is 2.41. The predicted octanol–water partition coefficient (Wildman–Crippen LogP) is 7.08. The average molecular weight is 373 g/mol. The van der Waals surface area contributed by atoms with Crippen molar-refractivity contribution in [3.63, 3.8) is 0 Å². The fourth-order valence-corrected chi connectivity index (χ4v) is 9.63. The van der Waals surface area contributed by atoms with Crippen LogP contribution in [0.2, 0.25) is 21.6 Å². The monoisotopic (exact) mass is 372 g/mol. The number of aromatic hydroxyl groups is 1. The molecule has 0 spiro atoms. The zero-order chi connectivity index (χ0) is 18.9. The molecule has 1 nitrogen and oxygen atoms in total. The number of phenols is 1. The van der Waals surface area contributed by atoms with Crippen molar-refractivity contribution >= 4 is 30.4 Å². The van der Waals surface area contributed by atoms with E-state index in [1.54, 1.807) is 0 Å². The Morgan fingerprint density at radius 2 is 1.56 bits per heavy atom. The molecule has 0 radical (unpaired) electrons. The molecule has 0 unspecified atom stereocenters. The number of aryl methyl sites for hydroxylation is 1. The number of benzene rings is 2. The topological polar surface area (TPSA) is 20.2 Å². The summed E-state index contributed by atoms with van der Waals surface area (Å²) in [4.78, 5) is 0. The summed E-state index contributed by atoms with van der Waals surface area (Å²) in [6.07, 6.45) is 0. The zero-order valence-electron chi connectivity index (χ0n) is 16.4. The number of halogens is 1. The van der Waals surface area contributed by atoms with E-state index >= 15 is 0 Å². The Balaban J connectivity index is 2.73. The second kappa shape index (κ2) is 7.44. The summed E-state index contributed by atoms with van der Waals surface area (Å²) in [6.45, 7) is 15.8. The predicted molar refractivity (Wildman–Crippen MR) is 113 cm³/mol. The molecule has 3 heteroatoms. The van der Waals surface area contributed by atoms with E-state index in [2.05, 4.69) is 53.0 Å². The maximum absolute atomic E-state index is 10.6. The Morgan fingerprint density at radius 1 is 1.00 bits per heavy atom. The maximum atomic E-state index is 10.6. The molecule has 0 bridgehead atoms. The van der Waals surface area contributed by atoms with Crippen LogP contribution in [0.25, 0.3) is 10.8 Å². The molecular weight excluding hydrogens is 344 g/mol. The van der Waals surface area contributed by atoms with Gasteiger partial charge in [-0.25, -0.2) is 0 Å². The minimum absolute atomic E-state index is 0.146. The van der Waals surface area contributed by atoms with E-state index in [1.807, 2.05) is 31.2 Å². The van der Waals surface area contributed by atoms with Gasteiger partial charge in [0.2, 0.25) is 0 Å². The Hall–Kier alpha value is -1.43. The van der Waals surface area contributed by atoms with E-state index in [9.17, 15) is 5.11 Å². The Labute approximate surface area is 158 Å². The van der Waals surface area contributed by atoms with Gasteiger partial charge in [-0.15, -0.1) is 5.54 Å². The highest BCUT2D eigenvalue weighted by atomic mass is 35.5. The molecule has 134 valence electrons. The van der Waals surface area contributed by atoms with Crippen LogP contribution in [-0.2, 0) is 0 Å². The average Bonchev–Trinajstić information content (AvgIpc) is 2.52. The number of hydrogen-bond acceptors (Lipinski definition) is 1. The summed E-state index contributed by atoms with van der Waals surface area (Å²) >= 11 is 6.28. The van der Waals surface area contributed by atoms with E-state index in [1.165, 1.54) is 0 Å². The first-order valence-corrected chi connectivity index (χ1v) is 11.7. The Bertz CT molecular complexity index is 819. The third kappa shape index (κ3) is 3.45. The second-order valence-corrected chi connectivity index (χ2v) is 13.9. The van der Waals surface area contributed by atoms with Crippen LogP contribution in [0.15, 0.2) is 24.3 Å². The van der Waals surface area contributed by atoms with Gasteiger partial charge in [-0.2, -0.15) is 0 Å². The van der Waals surface area contributed by atoms with Crippen molar-refractivity contribution < 1.29 is 5.11 Å². The quantitative estimate of drug-likeness (QED) is 0.450. The van der Waals surface area contributed by atoms with Gasteiger partial charge in [0.1, 0.15) is 13.8 Å². The van der Waals surface area contributed by atoms with Crippen LogP contribution < -0.4 is 0 Å². The first-order chi connectivity index (χ1) is 11.6. The van der Waals surface area contributed by atoms with E-state index in [4.69, 9.17) is 11.6 Å². The lowest BCUT2D eigenvalue weighted by atomic mass is 10.0. The summed E-state index contributed by atoms with van der Waals surface area (Å²) in [5, 5.41) is 12.8. The summed E-state index contributed by atoms with van der Waals surface area (Å²) in [5.74, 6) is 3.60. The fourth-order valence-electron chi connectivity index (χ4n) is 4.26. The molecule has 25 heavy (non-hydrogen) atoms. The lowest BCUT2D eigenvalue weighted by Crippen LogP contribution is -2.43. The fraction of sp³-hybridized carbons (Fsp3) is 0.455. The smallest absolute Gasteiger partial charge is 0.146 e. The molecule has 0 aromatic heterocycles. The van der Waals surface area contributed by atoms with Crippen LogP contribution in [0.5, 0.6) is 5.75 Å². The molecule has 0 fully saturated rings. The molecule has 1 N–H and O–H groups in total. The second-order valence-electron chi connectivity index (χ2n) is 7.91. The molecule has 0 heterocycles. The van der Waals surface area contributed by atoms with Crippen molar-refractivity contribution in [3.8, 4) is 17.2 Å². The number of hydrogen-bond donors (Lipinski definition) is 1. The van der Waals surface area contributed by atoms with Crippen LogP contribution >= 0.6 is 11.6 Å². The van der Waals surface area contributed by atoms with E-state index < -0.39 is 8.07 Å². The van der Waals surface area contributed by atoms with Crippen molar-refractivity contribution in [1.82, 2.24) is 0 Å². The van der Waals surface area contributed by atoms with Crippen LogP contribution in [0, 0.1) is 18.4 Å². The Kier molecular flexibility index (Phi) is 5.92. The van der Waals surface area contributed by atoms with Gasteiger partial charge in [0, 0.05) is 10.9 Å². The van der Waals surface area contributed by atoms with Gasteiger partial charge in [-0.05, 0) is 46.6 Å². The van der Waals surface area contributed by atoms with Crippen molar-refractivity contribution in [1.29, 1.82) is 0 Å². The Morgan fingerprint density at radius 3 is 2.08 bits per heavy atom. The number of rotatable bonds is 3. The third-order valence-corrected chi connectivity index (χ3v) is 12.3. The zero-order valence-corrected chi connectivity index (χ0v) is 18.1. The van der Waals surface area contributed by atoms with Crippen LogP contribution in [0.3, 0.4) is 0 Å². The van der Waals surface area contributed by atoms with Crippen molar-refractivity contribution in [2.45, 2.75) is 65.1 Å². The molecule has 0 aliphatic carbocycles. The summed E-state index contributed by atoms with van der Waals surface area (Å²) in [6, 6.07) is 8.01. The van der Waals surface area contributed by atoms with E-state index in [0.717, 1.165) is 21.9 Å². The van der Waals surface area contributed by atoms with Crippen molar-refractivity contribution in [3.05, 3.63) is 40.4 Å². The molecule has 2 rings (SSSR count). The lowest BCUT2D eigenvalue weighted by Gasteiger charge is -2.38. The van der Waals surface area contributed by atoms with Crippen LogP contribution in [-0.4, -0.2) is 13.2 Å². The van der Waals surface area contributed by atoms with Crippen molar-refractivity contribution in [2.24, 2.45) is 0 Å². The molecule has 0 amide bonds. The molecule has 0 atom stereocenters. The maximum Gasteiger partial charge on any atom is 0.146 e. The van der Waals surface area contributed by atoms with Gasteiger partial charge >= 0.3 is 0 Å². The molecule has 0 saturated carbocycles.